The van der Waals surface area contributed by atoms with Gasteiger partial charge in [0, 0.05) is 12.6 Å². The minimum absolute atomic E-state index is 0.0304. The van der Waals surface area contributed by atoms with Crippen LogP contribution in [0.3, 0.4) is 0 Å². The van der Waals surface area contributed by atoms with Crippen molar-refractivity contribution in [3.8, 4) is 0 Å². The van der Waals surface area contributed by atoms with Gasteiger partial charge in [0.2, 0.25) is 5.91 Å². The summed E-state index contributed by atoms with van der Waals surface area (Å²) in [6.45, 7) is 4.09. The third-order valence-corrected chi connectivity index (χ3v) is 4.77. The summed E-state index contributed by atoms with van der Waals surface area (Å²) in [5.41, 5.74) is 0.0822. The molecule has 3 unspecified atom stereocenters. The van der Waals surface area contributed by atoms with Gasteiger partial charge in [-0.25, -0.2) is 0 Å². The van der Waals surface area contributed by atoms with E-state index in [9.17, 15) is 18.0 Å². The van der Waals surface area contributed by atoms with Gasteiger partial charge in [0.1, 0.15) is 0 Å². The lowest BCUT2D eigenvalue weighted by atomic mass is 9.87. The van der Waals surface area contributed by atoms with E-state index < -0.39 is 18.1 Å². The molecule has 2 aliphatic rings. The number of rotatable bonds is 2. The van der Waals surface area contributed by atoms with Crippen LogP contribution in [0, 0.1) is 11.3 Å². The molecule has 3 nitrogen and oxygen atoms in total. The number of nitrogens with one attached hydrogen (secondary N) is 2. The maximum absolute atomic E-state index is 12.6. The Bertz CT molecular complexity index is 360. The van der Waals surface area contributed by atoms with E-state index >= 15 is 0 Å². The van der Waals surface area contributed by atoms with Crippen molar-refractivity contribution in [3.05, 3.63) is 0 Å². The van der Waals surface area contributed by atoms with E-state index in [0.29, 0.717) is 0 Å². The topological polar surface area (TPSA) is 41.1 Å². The van der Waals surface area contributed by atoms with Crippen LogP contribution in [0.2, 0.25) is 0 Å². The normalized spacial score (nSPS) is 34.0. The Hall–Kier alpha value is -0.780. The van der Waals surface area contributed by atoms with Gasteiger partial charge in [0.05, 0.1) is 12.0 Å². The average molecular weight is 292 g/mol. The zero-order valence-corrected chi connectivity index (χ0v) is 12.0. The van der Waals surface area contributed by atoms with Gasteiger partial charge < -0.3 is 10.6 Å². The van der Waals surface area contributed by atoms with Crippen molar-refractivity contribution in [3.63, 3.8) is 0 Å². The first-order valence-corrected chi connectivity index (χ1v) is 7.30. The molecule has 1 saturated carbocycles. The molecule has 6 heteroatoms. The zero-order valence-electron chi connectivity index (χ0n) is 12.0. The number of carbonyl (C=O) groups is 1. The van der Waals surface area contributed by atoms with Crippen LogP contribution in [-0.2, 0) is 4.79 Å². The lowest BCUT2D eigenvalue weighted by Crippen LogP contribution is -2.54. The Morgan fingerprint density at radius 3 is 2.40 bits per heavy atom. The molecule has 1 amide bonds. The molecule has 116 valence electrons. The predicted molar refractivity (Wildman–Crippen MR) is 70.1 cm³/mol. The van der Waals surface area contributed by atoms with Crippen LogP contribution in [0.25, 0.3) is 0 Å². The number of halogens is 3. The number of hydrogen-bond acceptors (Lipinski definition) is 2. The first kappa shape index (κ1) is 15.6. The van der Waals surface area contributed by atoms with Gasteiger partial charge in [0.25, 0.3) is 0 Å². The average Bonchev–Trinajstić information content (AvgIpc) is 2.68. The fourth-order valence-corrected chi connectivity index (χ4v) is 3.23. The minimum Gasteiger partial charge on any atom is -0.351 e. The highest BCUT2D eigenvalue weighted by atomic mass is 19.4. The first-order valence-electron chi connectivity index (χ1n) is 7.30. The summed E-state index contributed by atoms with van der Waals surface area (Å²) in [4.78, 5) is 12.1. The standard InChI is InChI=1S/C14H23F3N2O/c1-13(2)7-3-4-11(13)19-12(20)10-6-5-9(8-18-10)14(15,16)17/h9-11,18H,3-8H2,1-2H3,(H,19,20). The third kappa shape index (κ3) is 3.45. The zero-order chi connectivity index (χ0) is 15.0. The van der Waals surface area contributed by atoms with Crippen LogP contribution in [0.1, 0.15) is 46.0 Å². The number of piperidine rings is 1. The van der Waals surface area contributed by atoms with Crippen LogP contribution in [0.15, 0.2) is 0 Å². The van der Waals surface area contributed by atoms with Crippen molar-refractivity contribution in [1.29, 1.82) is 0 Å². The molecule has 1 aliphatic carbocycles. The fraction of sp³-hybridized carbons (Fsp3) is 0.929. The van der Waals surface area contributed by atoms with Crippen LogP contribution in [0.5, 0.6) is 0 Å². The van der Waals surface area contributed by atoms with Gasteiger partial charge in [-0.05, 0) is 31.1 Å². The van der Waals surface area contributed by atoms with Gasteiger partial charge in [0.15, 0.2) is 0 Å². The molecule has 0 spiro atoms. The molecule has 2 fully saturated rings. The van der Waals surface area contributed by atoms with Crippen LogP contribution >= 0.6 is 0 Å². The molecule has 2 rings (SSSR count). The summed E-state index contributed by atoms with van der Waals surface area (Å²) in [6, 6.07) is -0.345. The Morgan fingerprint density at radius 2 is 1.95 bits per heavy atom. The smallest absolute Gasteiger partial charge is 0.351 e. The van der Waals surface area contributed by atoms with Crippen molar-refractivity contribution in [2.45, 2.75) is 64.2 Å². The van der Waals surface area contributed by atoms with Crippen LogP contribution in [-0.4, -0.2) is 30.7 Å². The number of carbonyl (C=O) groups excluding carboxylic acids is 1. The highest BCUT2D eigenvalue weighted by Crippen LogP contribution is 2.37. The highest BCUT2D eigenvalue weighted by molar-refractivity contribution is 5.82. The lowest BCUT2D eigenvalue weighted by molar-refractivity contribution is -0.180. The lowest BCUT2D eigenvalue weighted by Gasteiger charge is -2.33. The van der Waals surface area contributed by atoms with Crippen molar-refractivity contribution in [1.82, 2.24) is 10.6 Å². The molecular weight excluding hydrogens is 269 g/mol. The molecule has 1 saturated heterocycles. The summed E-state index contributed by atoms with van der Waals surface area (Å²) < 4.78 is 37.7. The SMILES string of the molecule is CC1(C)CCCC1NC(=O)C1CCC(C(F)(F)F)CN1. The van der Waals surface area contributed by atoms with Crippen molar-refractivity contribution >= 4 is 5.91 Å². The number of amides is 1. The molecule has 1 aliphatic heterocycles. The molecule has 1 heterocycles. The second kappa shape index (κ2) is 5.54. The fourth-order valence-electron chi connectivity index (χ4n) is 3.23. The van der Waals surface area contributed by atoms with E-state index in [4.69, 9.17) is 0 Å². The molecule has 3 atom stereocenters. The molecule has 0 aromatic rings. The van der Waals surface area contributed by atoms with Crippen molar-refractivity contribution in [2.24, 2.45) is 11.3 Å². The molecule has 2 N–H and O–H groups in total. The predicted octanol–water partition coefficient (Wildman–Crippen LogP) is 2.61. The summed E-state index contributed by atoms with van der Waals surface area (Å²) in [5.74, 6) is -1.47. The van der Waals surface area contributed by atoms with Gasteiger partial charge in [-0.3, -0.25) is 4.79 Å². The van der Waals surface area contributed by atoms with E-state index in [0.717, 1.165) is 19.3 Å². The quantitative estimate of drug-likeness (QED) is 0.821. The molecule has 0 aromatic heterocycles. The summed E-state index contributed by atoms with van der Waals surface area (Å²) in [5, 5.41) is 5.75. The second-order valence-corrected chi connectivity index (χ2v) is 6.72. The second-order valence-electron chi connectivity index (χ2n) is 6.72. The Balaban J connectivity index is 1.83. The molecule has 20 heavy (non-hydrogen) atoms. The van der Waals surface area contributed by atoms with Gasteiger partial charge in [-0.15, -0.1) is 0 Å². The Labute approximate surface area is 117 Å². The largest absolute Gasteiger partial charge is 0.393 e. The van der Waals surface area contributed by atoms with E-state index in [1.54, 1.807) is 0 Å². The molecule has 0 aromatic carbocycles. The van der Waals surface area contributed by atoms with Gasteiger partial charge in [-0.2, -0.15) is 13.2 Å². The van der Waals surface area contributed by atoms with Crippen LogP contribution in [0.4, 0.5) is 13.2 Å². The molecule has 0 radical (unpaired) electrons. The Kier molecular flexibility index (Phi) is 4.33. The summed E-state index contributed by atoms with van der Waals surface area (Å²) in [7, 11) is 0. The van der Waals surface area contributed by atoms with Crippen molar-refractivity contribution in [2.75, 3.05) is 6.54 Å². The van der Waals surface area contributed by atoms with E-state index in [1.165, 1.54) is 0 Å². The van der Waals surface area contributed by atoms with E-state index in [1.807, 2.05) is 0 Å². The minimum atomic E-state index is -4.16. The highest BCUT2D eigenvalue weighted by Gasteiger charge is 2.43. The number of hydrogen-bond donors (Lipinski definition) is 2. The summed E-state index contributed by atoms with van der Waals surface area (Å²) in [6.07, 6.45) is -0.761. The Morgan fingerprint density at radius 1 is 1.25 bits per heavy atom. The maximum atomic E-state index is 12.6. The molecule has 0 bridgehead atoms. The van der Waals surface area contributed by atoms with Crippen molar-refractivity contribution < 1.29 is 18.0 Å². The van der Waals surface area contributed by atoms with Gasteiger partial charge in [-0.1, -0.05) is 20.3 Å². The van der Waals surface area contributed by atoms with E-state index in [2.05, 4.69) is 24.5 Å². The number of alkyl halides is 3. The summed E-state index contributed by atoms with van der Waals surface area (Å²) >= 11 is 0. The third-order valence-electron chi connectivity index (χ3n) is 4.77. The molecular formula is C14H23F3N2O. The van der Waals surface area contributed by atoms with E-state index in [-0.39, 0.29) is 36.8 Å². The first-order chi connectivity index (χ1) is 9.20. The van der Waals surface area contributed by atoms with Gasteiger partial charge >= 0.3 is 6.18 Å². The van der Waals surface area contributed by atoms with Crippen LogP contribution < -0.4 is 10.6 Å². The monoisotopic (exact) mass is 292 g/mol. The maximum Gasteiger partial charge on any atom is 0.393 e.